The smallest absolute Gasteiger partial charge is 0.276 e. The molecule has 0 aliphatic heterocycles. The lowest BCUT2D eigenvalue weighted by Gasteiger charge is -2.11. The molecule has 6 nitrogen and oxygen atoms in total. The summed E-state index contributed by atoms with van der Waals surface area (Å²) < 4.78 is 11.6. The second-order valence-corrected chi connectivity index (χ2v) is 7.42. The SMILES string of the molecule is CCCc1noc(-c2cc3c(-c4ccccc4Oc4ccccc4)[nH]c(C)c3cn2)n1. The number of pyridine rings is 1. The first-order valence-corrected chi connectivity index (χ1v) is 10.4. The second-order valence-electron chi connectivity index (χ2n) is 7.42. The van der Waals surface area contributed by atoms with Gasteiger partial charge in [0, 0.05) is 34.6 Å². The first kappa shape index (κ1) is 19.1. The fraction of sp³-hybridized carbons (Fsp3) is 0.160. The lowest BCUT2D eigenvalue weighted by Crippen LogP contribution is -1.89. The molecule has 0 saturated carbocycles. The predicted octanol–water partition coefficient (Wildman–Crippen LogP) is 6.33. The molecule has 0 radical (unpaired) electrons. The molecule has 6 heteroatoms. The van der Waals surface area contributed by atoms with Crippen LogP contribution in [0.25, 0.3) is 33.6 Å². The third-order valence-electron chi connectivity index (χ3n) is 5.18. The summed E-state index contributed by atoms with van der Waals surface area (Å²) in [5, 5.41) is 6.13. The normalized spacial score (nSPS) is 11.2. The van der Waals surface area contributed by atoms with Crippen molar-refractivity contribution in [2.24, 2.45) is 0 Å². The standard InChI is InChI=1S/C25H22N4O2/c1-3-9-23-28-25(31-29-23)21-14-19-20(15-26-21)16(2)27-24(19)18-12-7-8-13-22(18)30-17-10-5-4-6-11-17/h4-8,10-15,27H,3,9H2,1-2H3. The van der Waals surface area contributed by atoms with Crippen LogP contribution in [0.4, 0.5) is 0 Å². The summed E-state index contributed by atoms with van der Waals surface area (Å²) in [6.07, 6.45) is 3.60. The highest BCUT2D eigenvalue weighted by molar-refractivity contribution is 5.99. The van der Waals surface area contributed by atoms with Gasteiger partial charge in [0.05, 0.1) is 5.69 Å². The Balaban J connectivity index is 1.60. The monoisotopic (exact) mass is 410 g/mol. The number of hydrogen-bond acceptors (Lipinski definition) is 5. The summed E-state index contributed by atoms with van der Waals surface area (Å²) >= 11 is 0. The first-order chi connectivity index (χ1) is 15.2. The highest BCUT2D eigenvalue weighted by Crippen LogP contribution is 2.38. The van der Waals surface area contributed by atoms with E-state index in [-0.39, 0.29) is 0 Å². The van der Waals surface area contributed by atoms with Gasteiger partial charge in [0.25, 0.3) is 5.89 Å². The summed E-state index contributed by atoms with van der Waals surface area (Å²) in [6.45, 7) is 4.13. The average molecular weight is 410 g/mol. The van der Waals surface area contributed by atoms with E-state index in [2.05, 4.69) is 33.1 Å². The van der Waals surface area contributed by atoms with E-state index in [0.29, 0.717) is 17.4 Å². The molecular formula is C25H22N4O2. The number of rotatable bonds is 6. The van der Waals surface area contributed by atoms with E-state index < -0.39 is 0 Å². The molecule has 154 valence electrons. The summed E-state index contributed by atoms with van der Waals surface area (Å²) in [7, 11) is 0. The molecule has 0 spiro atoms. The number of H-pyrrole nitrogens is 1. The zero-order valence-electron chi connectivity index (χ0n) is 17.4. The number of nitrogens with one attached hydrogen (secondary N) is 1. The van der Waals surface area contributed by atoms with Crippen molar-refractivity contribution in [3.05, 3.63) is 78.4 Å². The number of fused-ring (bicyclic) bond motifs is 1. The van der Waals surface area contributed by atoms with Gasteiger partial charge in [-0.15, -0.1) is 0 Å². The number of ether oxygens (including phenoxy) is 1. The Bertz CT molecular complexity index is 1340. The van der Waals surface area contributed by atoms with Gasteiger partial charge in [-0.25, -0.2) is 0 Å². The summed E-state index contributed by atoms with van der Waals surface area (Å²) in [5.41, 5.74) is 3.63. The van der Waals surface area contributed by atoms with Gasteiger partial charge in [-0.3, -0.25) is 4.98 Å². The quantitative estimate of drug-likeness (QED) is 0.354. The number of aromatic amines is 1. The molecule has 0 atom stereocenters. The Morgan fingerprint density at radius 1 is 1.00 bits per heavy atom. The third kappa shape index (κ3) is 3.68. The van der Waals surface area contributed by atoms with Gasteiger partial charge >= 0.3 is 0 Å². The highest BCUT2D eigenvalue weighted by Gasteiger charge is 2.17. The Morgan fingerprint density at radius 2 is 1.81 bits per heavy atom. The first-order valence-electron chi connectivity index (χ1n) is 10.4. The fourth-order valence-corrected chi connectivity index (χ4v) is 3.67. The molecule has 31 heavy (non-hydrogen) atoms. The van der Waals surface area contributed by atoms with Gasteiger partial charge in [0.15, 0.2) is 5.82 Å². The van der Waals surface area contributed by atoms with Crippen LogP contribution in [-0.2, 0) is 6.42 Å². The molecule has 0 aliphatic rings. The fourth-order valence-electron chi connectivity index (χ4n) is 3.67. The minimum absolute atomic E-state index is 0.434. The molecule has 3 aromatic heterocycles. The number of aryl methyl sites for hydroxylation is 2. The van der Waals surface area contributed by atoms with E-state index >= 15 is 0 Å². The maximum Gasteiger partial charge on any atom is 0.276 e. The van der Waals surface area contributed by atoms with Gasteiger partial charge in [-0.05, 0) is 43.7 Å². The van der Waals surface area contributed by atoms with Gasteiger partial charge in [-0.1, -0.05) is 42.4 Å². The van der Waals surface area contributed by atoms with Crippen molar-refractivity contribution in [2.45, 2.75) is 26.7 Å². The van der Waals surface area contributed by atoms with Crippen LogP contribution in [0, 0.1) is 6.92 Å². The zero-order valence-corrected chi connectivity index (χ0v) is 17.4. The number of benzene rings is 2. The van der Waals surface area contributed by atoms with Crippen molar-refractivity contribution in [3.8, 4) is 34.3 Å². The summed E-state index contributed by atoms with van der Waals surface area (Å²) in [5.74, 6) is 2.70. The van der Waals surface area contributed by atoms with E-state index in [4.69, 9.17) is 9.26 Å². The van der Waals surface area contributed by atoms with E-state index in [0.717, 1.165) is 52.1 Å². The van der Waals surface area contributed by atoms with Crippen molar-refractivity contribution in [1.82, 2.24) is 20.1 Å². The van der Waals surface area contributed by atoms with Crippen molar-refractivity contribution in [1.29, 1.82) is 0 Å². The number of nitrogens with zero attached hydrogens (tertiary/aromatic N) is 3. The molecule has 0 aliphatic carbocycles. The molecule has 3 heterocycles. The van der Waals surface area contributed by atoms with Gasteiger partial charge < -0.3 is 14.2 Å². The molecule has 0 amide bonds. The van der Waals surface area contributed by atoms with Crippen LogP contribution in [0.15, 0.2) is 71.4 Å². The molecule has 0 fully saturated rings. The van der Waals surface area contributed by atoms with Gasteiger partial charge in [0.2, 0.25) is 0 Å². The van der Waals surface area contributed by atoms with Crippen LogP contribution in [0.1, 0.15) is 24.9 Å². The Hall–Kier alpha value is -3.93. The Morgan fingerprint density at radius 3 is 2.65 bits per heavy atom. The average Bonchev–Trinajstić information content (AvgIpc) is 3.40. The van der Waals surface area contributed by atoms with Crippen molar-refractivity contribution in [3.63, 3.8) is 0 Å². The maximum atomic E-state index is 6.19. The topological polar surface area (TPSA) is 76.8 Å². The summed E-state index contributed by atoms with van der Waals surface area (Å²) in [4.78, 5) is 12.6. The minimum atomic E-state index is 0.434. The Kier molecular flexibility index (Phi) is 4.96. The van der Waals surface area contributed by atoms with Crippen molar-refractivity contribution >= 4 is 10.8 Å². The lowest BCUT2D eigenvalue weighted by molar-refractivity contribution is 0.421. The molecule has 1 N–H and O–H groups in total. The molecule has 0 bridgehead atoms. The van der Waals surface area contributed by atoms with E-state index in [1.165, 1.54) is 0 Å². The van der Waals surface area contributed by atoms with E-state index in [1.807, 2.05) is 67.7 Å². The van der Waals surface area contributed by atoms with Crippen molar-refractivity contribution < 1.29 is 9.26 Å². The molecular weight excluding hydrogens is 388 g/mol. The van der Waals surface area contributed by atoms with Crippen LogP contribution in [0.2, 0.25) is 0 Å². The molecule has 2 aromatic carbocycles. The van der Waals surface area contributed by atoms with E-state index in [1.54, 1.807) is 0 Å². The van der Waals surface area contributed by atoms with Crippen LogP contribution >= 0.6 is 0 Å². The number of para-hydroxylation sites is 2. The molecule has 0 unspecified atom stereocenters. The van der Waals surface area contributed by atoms with Gasteiger partial charge in [-0.2, -0.15) is 4.98 Å². The van der Waals surface area contributed by atoms with Crippen LogP contribution in [0.3, 0.4) is 0 Å². The number of aromatic nitrogens is 4. The van der Waals surface area contributed by atoms with Crippen LogP contribution < -0.4 is 4.74 Å². The molecule has 5 aromatic rings. The molecule has 0 saturated heterocycles. The minimum Gasteiger partial charge on any atom is -0.457 e. The van der Waals surface area contributed by atoms with Crippen LogP contribution in [0.5, 0.6) is 11.5 Å². The maximum absolute atomic E-state index is 6.19. The van der Waals surface area contributed by atoms with Gasteiger partial charge in [0.1, 0.15) is 17.2 Å². The molecule has 5 rings (SSSR count). The zero-order chi connectivity index (χ0) is 21.2. The lowest BCUT2D eigenvalue weighted by atomic mass is 10.1. The van der Waals surface area contributed by atoms with Crippen LogP contribution in [-0.4, -0.2) is 20.1 Å². The second kappa shape index (κ2) is 8.07. The third-order valence-corrected chi connectivity index (χ3v) is 5.18. The Labute approximate surface area is 179 Å². The number of hydrogen-bond donors (Lipinski definition) is 1. The largest absolute Gasteiger partial charge is 0.457 e. The predicted molar refractivity (Wildman–Crippen MR) is 120 cm³/mol. The highest BCUT2D eigenvalue weighted by atomic mass is 16.5. The summed E-state index contributed by atoms with van der Waals surface area (Å²) in [6, 6.07) is 19.8. The van der Waals surface area contributed by atoms with E-state index in [9.17, 15) is 0 Å². The van der Waals surface area contributed by atoms with Crippen molar-refractivity contribution in [2.75, 3.05) is 0 Å².